The highest BCUT2D eigenvalue weighted by atomic mass is 35.5. The van der Waals surface area contributed by atoms with Crippen molar-refractivity contribution in [3.63, 3.8) is 0 Å². The SMILES string of the molecule is C[C@H](C(=O)O)c1cc(C#N)ccc1-c1cc2c(cn1)nnn2[C@H](C)c1c(Cl)ccc(C2CC2)c1Cl. The summed E-state index contributed by atoms with van der Waals surface area (Å²) in [4.78, 5) is 16.3. The highest BCUT2D eigenvalue weighted by Gasteiger charge is 2.29. The Bertz CT molecular complexity index is 1520. The van der Waals surface area contributed by atoms with Crippen molar-refractivity contribution in [3.05, 3.63) is 74.9 Å². The molecule has 2 heterocycles. The summed E-state index contributed by atoms with van der Waals surface area (Å²) in [6.07, 6.45) is 3.86. The van der Waals surface area contributed by atoms with Gasteiger partial charge in [0.2, 0.25) is 0 Å². The molecule has 0 saturated heterocycles. The van der Waals surface area contributed by atoms with E-state index >= 15 is 0 Å². The maximum Gasteiger partial charge on any atom is 0.310 e. The molecule has 9 heteroatoms. The standard InChI is InChI=1S/C26H21Cl2N5O2/c1-13(26(34)35)19-9-15(11-29)3-6-18(19)21-10-23-22(12-30-21)31-32-33(23)14(2)24-20(27)8-7-17(25(24)28)16-4-5-16/h3,6-10,12-14,16H,4-5H2,1-2H3,(H,34,35)/t13-,14+/m0/s1. The van der Waals surface area contributed by atoms with Crippen LogP contribution < -0.4 is 0 Å². The fourth-order valence-corrected chi connectivity index (χ4v) is 5.27. The van der Waals surface area contributed by atoms with Crippen LogP contribution in [0.2, 0.25) is 10.0 Å². The average molecular weight is 506 g/mol. The molecular weight excluding hydrogens is 485 g/mol. The van der Waals surface area contributed by atoms with Crippen LogP contribution in [-0.2, 0) is 4.79 Å². The third kappa shape index (κ3) is 4.13. The Morgan fingerprint density at radius 1 is 1.20 bits per heavy atom. The van der Waals surface area contributed by atoms with Gasteiger partial charge in [-0.2, -0.15) is 5.26 Å². The zero-order chi connectivity index (χ0) is 24.9. The Labute approximate surface area is 211 Å². The lowest BCUT2D eigenvalue weighted by Crippen LogP contribution is -2.11. The van der Waals surface area contributed by atoms with E-state index < -0.39 is 11.9 Å². The minimum atomic E-state index is -0.984. The molecule has 0 radical (unpaired) electrons. The van der Waals surface area contributed by atoms with E-state index in [0.717, 1.165) is 24.0 Å². The van der Waals surface area contributed by atoms with Gasteiger partial charge in [0.25, 0.3) is 0 Å². The number of benzene rings is 2. The summed E-state index contributed by atoms with van der Waals surface area (Å²) in [5, 5.41) is 28.8. The molecule has 0 bridgehead atoms. The summed E-state index contributed by atoms with van der Waals surface area (Å²) in [6.45, 7) is 3.56. The van der Waals surface area contributed by atoms with Gasteiger partial charge in [-0.15, -0.1) is 5.10 Å². The van der Waals surface area contributed by atoms with Crippen molar-refractivity contribution in [3.8, 4) is 17.3 Å². The van der Waals surface area contributed by atoms with Gasteiger partial charge in [-0.1, -0.05) is 40.5 Å². The molecule has 0 amide bonds. The quantitative estimate of drug-likeness (QED) is 0.327. The number of nitriles is 1. The van der Waals surface area contributed by atoms with E-state index in [1.165, 1.54) is 0 Å². The molecule has 176 valence electrons. The molecule has 0 aliphatic heterocycles. The third-order valence-electron chi connectivity index (χ3n) is 6.61. The maximum atomic E-state index is 11.7. The van der Waals surface area contributed by atoms with Gasteiger partial charge in [-0.05, 0) is 68.0 Å². The molecule has 1 saturated carbocycles. The average Bonchev–Trinajstić information content (AvgIpc) is 3.60. The number of pyridine rings is 1. The van der Waals surface area contributed by atoms with Crippen LogP contribution in [-0.4, -0.2) is 31.1 Å². The second-order valence-corrected chi connectivity index (χ2v) is 9.67. The number of carbonyl (C=O) groups is 1. The van der Waals surface area contributed by atoms with E-state index in [-0.39, 0.29) is 6.04 Å². The fraction of sp³-hybridized carbons (Fsp3) is 0.269. The summed E-state index contributed by atoms with van der Waals surface area (Å²) < 4.78 is 1.76. The van der Waals surface area contributed by atoms with E-state index in [4.69, 9.17) is 23.2 Å². The molecule has 4 aromatic rings. The van der Waals surface area contributed by atoms with Gasteiger partial charge in [0.05, 0.1) is 46.0 Å². The van der Waals surface area contributed by atoms with Crippen LogP contribution in [0.25, 0.3) is 22.3 Å². The normalized spacial score (nSPS) is 15.1. The van der Waals surface area contributed by atoms with Gasteiger partial charge in [0.15, 0.2) is 0 Å². The van der Waals surface area contributed by atoms with Crippen molar-refractivity contribution in [2.24, 2.45) is 0 Å². The summed E-state index contributed by atoms with van der Waals surface area (Å²) in [6, 6.07) is 12.5. The van der Waals surface area contributed by atoms with Crippen molar-refractivity contribution in [2.45, 2.75) is 44.6 Å². The summed E-state index contributed by atoms with van der Waals surface area (Å²) in [7, 11) is 0. The van der Waals surface area contributed by atoms with Gasteiger partial charge in [-0.25, -0.2) is 4.68 Å². The van der Waals surface area contributed by atoms with Crippen LogP contribution >= 0.6 is 23.2 Å². The molecule has 1 N–H and O–H groups in total. The van der Waals surface area contributed by atoms with E-state index in [0.29, 0.717) is 49.4 Å². The highest BCUT2D eigenvalue weighted by molar-refractivity contribution is 6.36. The fourth-order valence-electron chi connectivity index (χ4n) is 4.43. The predicted molar refractivity (Wildman–Crippen MR) is 134 cm³/mol. The first-order valence-corrected chi connectivity index (χ1v) is 12.0. The van der Waals surface area contributed by atoms with E-state index in [2.05, 4.69) is 21.4 Å². The Balaban J connectivity index is 1.63. The molecule has 1 aliphatic rings. The monoisotopic (exact) mass is 505 g/mol. The molecular formula is C26H21Cl2N5O2. The molecule has 7 nitrogen and oxygen atoms in total. The van der Waals surface area contributed by atoms with Crippen LogP contribution in [0.3, 0.4) is 0 Å². The number of nitrogens with zero attached hydrogens (tertiary/aromatic N) is 5. The van der Waals surface area contributed by atoms with Crippen LogP contribution in [0.1, 0.15) is 66.8 Å². The second-order valence-electron chi connectivity index (χ2n) is 8.88. The van der Waals surface area contributed by atoms with Gasteiger partial charge < -0.3 is 5.11 Å². The summed E-state index contributed by atoms with van der Waals surface area (Å²) in [5.41, 5.74) is 5.29. The molecule has 2 aromatic heterocycles. The molecule has 2 atom stereocenters. The van der Waals surface area contributed by atoms with Crippen molar-refractivity contribution in [1.82, 2.24) is 20.0 Å². The number of rotatable bonds is 6. The molecule has 0 unspecified atom stereocenters. The molecule has 35 heavy (non-hydrogen) atoms. The minimum Gasteiger partial charge on any atom is -0.481 e. The van der Waals surface area contributed by atoms with Gasteiger partial charge >= 0.3 is 5.97 Å². The van der Waals surface area contributed by atoms with Crippen molar-refractivity contribution >= 4 is 40.2 Å². The van der Waals surface area contributed by atoms with Crippen LogP contribution in [0.4, 0.5) is 0 Å². The summed E-state index contributed by atoms with van der Waals surface area (Å²) >= 11 is 13.4. The van der Waals surface area contributed by atoms with Crippen LogP contribution in [0, 0.1) is 11.3 Å². The molecule has 2 aromatic carbocycles. The topological polar surface area (TPSA) is 105 Å². The second kappa shape index (κ2) is 8.95. The Kier molecular flexibility index (Phi) is 5.96. The van der Waals surface area contributed by atoms with E-state index in [9.17, 15) is 15.2 Å². The van der Waals surface area contributed by atoms with Gasteiger partial charge in [-0.3, -0.25) is 9.78 Å². The number of fused-ring (bicyclic) bond motifs is 1. The Morgan fingerprint density at radius 2 is 1.97 bits per heavy atom. The maximum absolute atomic E-state index is 11.7. The number of carboxylic acid groups (broad SMARTS) is 1. The van der Waals surface area contributed by atoms with Crippen molar-refractivity contribution < 1.29 is 9.90 Å². The lowest BCUT2D eigenvalue weighted by Gasteiger charge is -2.19. The van der Waals surface area contributed by atoms with Gasteiger partial charge in [0, 0.05) is 16.1 Å². The zero-order valence-electron chi connectivity index (χ0n) is 19.0. The molecule has 1 aliphatic carbocycles. The number of hydrogen-bond acceptors (Lipinski definition) is 5. The van der Waals surface area contributed by atoms with Crippen molar-refractivity contribution in [1.29, 1.82) is 5.26 Å². The first kappa shape index (κ1) is 23.3. The molecule has 1 fully saturated rings. The van der Waals surface area contributed by atoms with Gasteiger partial charge in [0.1, 0.15) is 5.52 Å². The van der Waals surface area contributed by atoms with E-state index in [1.54, 1.807) is 36.0 Å². The number of hydrogen-bond donors (Lipinski definition) is 1. The predicted octanol–water partition coefficient (Wildman–Crippen LogP) is 6.35. The third-order valence-corrected chi connectivity index (χ3v) is 7.36. The number of aliphatic carboxylic acids is 1. The molecule has 0 spiro atoms. The van der Waals surface area contributed by atoms with Crippen molar-refractivity contribution in [2.75, 3.05) is 0 Å². The first-order valence-electron chi connectivity index (χ1n) is 11.3. The Hall–Kier alpha value is -3.47. The lowest BCUT2D eigenvalue weighted by atomic mass is 9.92. The Morgan fingerprint density at radius 3 is 2.66 bits per heavy atom. The minimum absolute atomic E-state index is 0.299. The summed E-state index contributed by atoms with van der Waals surface area (Å²) in [5.74, 6) is -1.33. The number of aromatic nitrogens is 4. The highest BCUT2D eigenvalue weighted by Crippen LogP contribution is 2.47. The molecule has 5 rings (SSSR count). The first-order chi connectivity index (χ1) is 16.8. The largest absolute Gasteiger partial charge is 0.481 e. The van der Waals surface area contributed by atoms with Crippen LogP contribution in [0.5, 0.6) is 0 Å². The zero-order valence-corrected chi connectivity index (χ0v) is 20.5. The smallest absolute Gasteiger partial charge is 0.310 e. The van der Waals surface area contributed by atoms with E-state index in [1.807, 2.05) is 25.1 Å². The number of halogens is 2. The number of carboxylic acids is 1. The lowest BCUT2D eigenvalue weighted by molar-refractivity contribution is -0.138. The van der Waals surface area contributed by atoms with Crippen LogP contribution in [0.15, 0.2) is 42.6 Å².